The summed E-state index contributed by atoms with van der Waals surface area (Å²) in [5.74, 6) is -8.75. The lowest BCUT2D eigenvalue weighted by molar-refractivity contribution is -0.137. The Morgan fingerprint density at radius 1 is 0.831 bits per heavy atom. The Morgan fingerprint density at radius 3 is 2.06 bits per heavy atom. The lowest BCUT2D eigenvalue weighted by Crippen LogP contribution is -2.60. The molecule has 1 aliphatic heterocycles. The monoisotopic (exact) mass is 1030 g/mol. The predicted molar refractivity (Wildman–Crippen MR) is 263 cm³/mol. The van der Waals surface area contributed by atoms with Crippen LogP contribution >= 0.6 is 0 Å². The zero-order chi connectivity index (χ0) is 53.6. The van der Waals surface area contributed by atoms with Crippen molar-refractivity contribution in [1.29, 1.82) is 5.41 Å². The Hall–Kier alpha value is -5.82. The van der Waals surface area contributed by atoms with Crippen LogP contribution in [0.2, 0.25) is 0 Å². The molecule has 0 saturated carbocycles. The maximum atomic E-state index is 14.0. The van der Waals surface area contributed by atoms with Gasteiger partial charge in [0, 0.05) is 26.1 Å². The fraction of sp³-hybridized carbons (Fsp3) is 0.690. The Morgan fingerprint density at radius 2 is 1.46 bits per heavy atom. The summed E-state index contributed by atoms with van der Waals surface area (Å²) in [4.78, 5) is 124. The topological polar surface area (TPSA) is 497 Å². The van der Waals surface area contributed by atoms with Crippen LogP contribution in [0.3, 0.4) is 0 Å². The Balaban J connectivity index is 3.21. The van der Waals surface area contributed by atoms with Crippen molar-refractivity contribution in [1.82, 2.24) is 42.1 Å². The van der Waals surface area contributed by atoms with Gasteiger partial charge in [-0.25, -0.2) is 9.79 Å². The van der Waals surface area contributed by atoms with E-state index in [1.807, 2.05) is 0 Å². The molecule has 29 heteroatoms. The van der Waals surface area contributed by atoms with E-state index in [1.165, 1.54) is 24.2 Å². The highest BCUT2D eigenvalue weighted by atomic mass is 32.2. The van der Waals surface area contributed by atoms with Crippen LogP contribution in [0.4, 0.5) is 0 Å². The molecule has 1 unspecified atom stereocenters. The Labute approximate surface area is 415 Å². The fourth-order valence-electron chi connectivity index (χ4n) is 6.86. The SMILES string of the molecule is C[C@H](NC(=O)[C@@H](NC(=O)[C@@H](N)CCCCN)[C@@H](O)CN)C(=O)NCC(=O)/N=C(\CCCN)C(=O)N1CCC[C@H]1C(=O)N[C@@H](CC[S+](C)[O-])C(=O)N[C@@H](CCCCN)C(=O)N/C(=C\CCNC(=N)N)C(=O)O. The summed E-state index contributed by atoms with van der Waals surface area (Å²) in [5, 5.41) is 44.3. The molecule has 0 aromatic rings. The van der Waals surface area contributed by atoms with E-state index < -0.39 is 126 Å². The number of hydrogen-bond donors (Lipinski definition) is 16. The molecule has 0 spiro atoms. The van der Waals surface area contributed by atoms with Crippen molar-refractivity contribution in [3.05, 3.63) is 11.8 Å². The van der Waals surface area contributed by atoms with Crippen molar-refractivity contribution in [2.45, 2.75) is 126 Å². The third kappa shape index (κ3) is 24.2. The van der Waals surface area contributed by atoms with Gasteiger partial charge in [-0.1, -0.05) is 23.7 Å². The number of aliphatic carboxylic acids is 1. The van der Waals surface area contributed by atoms with Crippen LogP contribution in [0.15, 0.2) is 16.8 Å². The van der Waals surface area contributed by atoms with Crippen molar-refractivity contribution in [3.63, 3.8) is 0 Å². The number of carboxylic acids is 1. The molecule has 1 saturated heterocycles. The quantitative estimate of drug-likeness (QED) is 0.00937. The van der Waals surface area contributed by atoms with Crippen LogP contribution in [-0.2, 0) is 54.3 Å². The predicted octanol–water partition coefficient (Wildman–Crippen LogP) is -6.61. The number of carbonyl (C=O) groups excluding carboxylic acids is 8. The highest BCUT2D eigenvalue weighted by Crippen LogP contribution is 2.20. The summed E-state index contributed by atoms with van der Waals surface area (Å²) in [6, 6.07) is -7.76. The average molecular weight is 1030 g/mol. The minimum atomic E-state index is -1.58. The molecule has 1 heterocycles. The maximum absolute atomic E-state index is 14.0. The molecule has 0 radical (unpaired) electrons. The van der Waals surface area contributed by atoms with Crippen LogP contribution in [-0.4, -0.2) is 185 Å². The number of guanidine groups is 1. The lowest BCUT2D eigenvalue weighted by atomic mass is 10.1. The van der Waals surface area contributed by atoms with Gasteiger partial charge in [-0.05, 0) is 90.8 Å². The van der Waals surface area contributed by atoms with Crippen LogP contribution in [0, 0.1) is 5.41 Å². The number of amides is 8. The lowest BCUT2D eigenvalue weighted by Gasteiger charge is -2.28. The minimum Gasteiger partial charge on any atom is -0.617 e. The van der Waals surface area contributed by atoms with E-state index in [1.54, 1.807) is 0 Å². The first-order valence-electron chi connectivity index (χ1n) is 23.4. The number of hydrogen-bond acceptors (Lipinski definition) is 17. The number of aliphatic hydroxyl groups excluding tert-OH is 1. The molecule has 1 rings (SSSR count). The molecule has 22 N–H and O–H groups in total. The molecule has 8 amide bonds. The zero-order valence-corrected chi connectivity index (χ0v) is 41.3. The number of nitrogens with zero attached hydrogens (tertiary/aromatic N) is 2. The number of unbranched alkanes of at least 4 members (excludes halogenated alkanes) is 2. The number of nitrogens with two attached hydrogens (primary N) is 6. The number of aliphatic hydroxyl groups is 1. The van der Waals surface area contributed by atoms with Gasteiger partial charge in [-0.15, -0.1) is 0 Å². The summed E-state index contributed by atoms with van der Waals surface area (Å²) in [6.07, 6.45) is 3.73. The first kappa shape index (κ1) is 63.2. The number of carbonyl (C=O) groups is 9. The number of nitrogens with one attached hydrogen (secondary N) is 8. The van der Waals surface area contributed by atoms with Gasteiger partial charge in [0.1, 0.15) is 47.4 Å². The minimum absolute atomic E-state index is 0.0238. The van der Waals surface area contributed by atoms with Crippen molar-refractivity contribution in [2.24, 2.45) is 39.4 Å². The second-order valence-electron chi connectivity index (χ2n) is 16.6. The van der Waals surface area contributed by atoms with E-state index in [4.69, 9.17) is 39.8 Å². The Kier molecular flexibility index (Phi) is 30.7. The first-order chi connectivity index (χ1) is 33.6. The van der Waals surface area contributed by atoms with Crippen LogP contribution in [0.1, 0.15) is 84.0 Å². The van der Waals surface area contributed by atoms with E-state index in [0.717, 1.165) is 0 Å². The van der Waals surface area contributed by atoms with Crippen molar-refractivity contribution >= 4 is 76.1 Å². The highest BCUT2D eigenvalue weighted by molar-refractivity contribution is 7.90. The summed E-state index contributed by atoms with van der Waals surface area (Å²) < 4.78 is 12.2. The van der Waals surface area contributed by atoms with Crippen molar-refractivity contribution < 1.29 is 57.9 Å². The molecular formula is C42H76N16O12S. The number of rotatable bonds is 34. The maximum Gasteiger partial charge on any atom is 0.352 e. The molecule has 8 atom stereocenters. The third-order valence-corrected chi connectivity index (χ3v) is 11.6. The largest absolute Gasteiger partial charge is 0.617 e. The van der Waals surface area contributed by atoms with E-state index in [9.17, 15) is 57.9 Å². The van der Waals surface area contributed by atoms with Crippen LogP contribution in [0.25, 0.3) is 0 Å². The van der Waals surface area contributed by atoms with Gasteiger partial charge in [0.05, 0.1) is 24.9 Å². The van der Waals surface area contributed by atoms with Gasteiger partial charge >= 0.3 is 5.97 Å². The molecule has 402 valence electrons. The van der Waals surface area contributed by atoms with Gasteiger partial charge in [0.25, 0.3) is 11.8 Å². The van der Waals surface area contributed by atoms with Gasteiger partial charge in [0.15, 0.2) is 5.96 Å². The van der Waals surface area contributed by atoms with Crippen molar-refractivity contribution in [2.75, 3.05) is 57.8 Å². The molecule has 1 fully saturated rings. The molecule has 0 aliphatic carbocycles. The van der Waals surface area contributed by atoms with Gasteiger partial charge in [-0.3, -0.25) is 43.8 Å². The Bertz CT molecular complexity index is 1870. The standard InChI is InChI=1S/C42H76N16O12S/c1-24(52-39(66)33(31(59)22-46)57-35(62)25(47)10-3-5-16-43)34(61)51-23-32(60)53-28(12-7-18-45)40(67)58-20-9-14-30(58)38(65)55-27(15-21-71(2)70)37(64)54-26(11-4-6-17-44)36(63)56-29(41(68)69)13-8-19-50-42(48)49/h13,24-27,30-31,33,59H,3-12,14-23,43-47H2,1-2H3,(H,51,61)(H,52,66)(H,54,64)(H,55,65)(H,56,63)(H,57,62)(H,68,69)(H4,48,49,50)/b29-13-,53-28+/t24-,25-,26-,27-,30-,31-,33-,71?/m0/s1. The summed E-state index contributed by atoms with van der Waals surface area (Å²) >= 11 is -1.44. The van der Waals surface area contributed by atoms with E-state index in [2.05, 4.69) is 42.2 Å². The van der Waals surface area contributed by atoms with Crippen LogP contribution < -0.4 is 71.6 Å². The van der Waals surface area contributed by atoms with Gasteiger partial charge in [-0.2, -0.15) is 0 Å². The van der Waals surface area contributed by atoms with E-state index in [-0.39, 0.29) is 88.5 Å². The first-order valence-corrected chi connectivity index (χ1v) is 25.1. The number of aliphatic imine (C=N–C) groups is 1. The number of likely N-dealkylation sites (tertiary alicyclic amines) is 1. The molecule has 1 aliphatic rings. The molecular weight excluding hydrogens is 953 g/mol. The summed E-state index contributed by atoms with van der Waals surface area (Å²) in [7, 11) is 0. The molecule has 0 aromatic carbocycles. The number of carboxylic acid groups (broad SMARTS) is 1. The van der Waals surface area contributed by atoms with Crippen molar-refractivity contribution in [3.8, 4) is 0 Å². The van der Waals surface area contributed by atoms with E-state index >= 15 is 0 Å². The molecule has 28 nitrogen and oxygen atoms in total. The van der Waals surface area contributed by atoms with Gasteiger partial charge < -0.3 is 91.3 Å². The van der Waals surface area contributed by atoms with Gasteiger partial charge in [0.2, 0.25) is 35.4 Å². The summed E-state index contributed by atoms with van der Waals surface area (Å²) in [5.41, 5.74) is 32.7. The smallest absolute Gasteiger partial charge is 0.352 e. The summed E-state index contributed by atoms with van der Waals surface area (Å²) in [6.45, 7) is 0.987. The molecule has 71 heavy (non-hydrogen) atoms. The highest BCUT2D eigenvalue weighted by Gasteiger charge is 2.38. The molecule has 0 bridgehead atoms. The second-order valence-corrected chi connectivity index (χ2v) is 18.2. The average Bonchev–Trinajstić information content (AvgIpc) is 3.82. The second kappa shape index (κ2) is 34.5. The normalized spacial score (nSPS) is 16.7. The zero-order valence-electron chi connectivity index (χ0n) is 40.5. The fourth-order valence-corrected chi connectivity index (χ4v) is 7.43. The van der Waals surface area contributed by atoms with E-state index in [0.29, 0.717) is 38.6 Å². The van der Waals surface area contributed by atoms with Crippen LogP contribution in [0.5, 0.6) is 0 Å². The molecule has 0 aromatic heterocycles. The third-order valence-electron chi connectivity index (χ3n) is 10.8.